The van der Waals surface area contributed by atoms with Crippen LogP contribution in [-0.4, -0.2) is 17.7 Å². The average Bonchev–Trinajstić information content (AvgIpc) is 2.73. The second-order valence-electron chi connectivity index (χ2n) is 6.17. The lowest BCUT2D eigenvalue weighted by Crippen LogP contribution is -2.42. The van der Waals surface area contributed by atoms with Gasteiger partial charge in [0.25, 0.3) is 11.8 Å². The van der Waals surface area contributed by atoms with E-state index in [9.17, 15) is 14.4 Å². The van der Waals surface area contributed by atoms with Crippen molar-refractivity contribution in [1.82, 2.24) is 10.9 Å². The molecule has 0 aliphatic rings. The molecule has 0 radical (unpaired) electrons. The number of carbonyl (C=O) groups is 3. The van der Waals surface area contributed by atoms with Crippen LogP contribution in [0.4, 0.5) is 5.69 Å². The van der Waals surface area contributed by atoms with E-state index in [4.69, 9.17) is 11.6 Å². The van der Waals surface area contributed by atoms with Crippen molar-refractivity contribution < 1.29 is 14.4 Å². The lowest BCUT2D eigenvalue weighted by Gasteiger charge is -2.12. The Morgan fingerprint density at radius 2 is 1.38 bits per heavy atom. The van der Waals surface area contributed by atoms with Crippen LogP contribution in [0.2, 0.25) is 5.02 Å². The molecule has 29 heavy (non-hydrogen) atoms. The third-order valence-corrected chi connectivity index (χ3v) is 4.30. The van der Waals surface area contributed by atoms with Crippen molar-refractivity contribution in [2.75, 3.05) is 5.32 Å². The highest BCUT2D eigenvalue weighted by molar-refractivity contribution is 6.30. The highest BCUT2D eigenvalue weighted by Crippen LogP contribution is 2.17. The minimum Gasteiger partial charge on any atom is -0.321 e. The van der Waals surface area contributed by atoms with E-state index in [2.05, 4.69) is 16.2 Å². The number of benzene rings is 3. The maximum Gasteiger partial charge on any atom is 0.271 e. The number of nitrogens with one attached hydrogen (secondary N) is 3. The van der Waals surface area contributed by atoms with Crippen LogP contribution in [0.5, 0.6) is 0 Å². The van der Waals surface area contributed by atoms with Crippen molar-refractivity contribution in [1.29, 1.82) is 0 Å². The van der Waals surface area contributed by atoms with E-state index in [-0.39, 0.29) is 23.8 Å². The van der Waals surface area contributed by atoms with Gasteiger partial charge in [-0.05, 0) is 42.0 Å². The van der Waals surface area contributed by atoms with Gasteiger partial charge in [0.1, 0.15) is 0 Å². The van der Waals surface area contributed by atoms with E-state index < -0.39 is 5.91 Å². The Kier molecular flexibility index (Phi) is 6.60. The van der Waals surface area contributed by atoms with Gasteiger partial charge in [-0.15, -0.1) is 0 Å². The van der Waals surface area contributed by atoms with Crippen LogP contribution in [0.3, 0.4) is 0 Å². The molecule has 0 aromatic heterocycles. The van der Waals surface area contributed by atoms with Crippen molar-refractivity contribution in [2.45, 2.75) is 6.42 Å². The molecule has 0 unspecified atom stereocenters. The van der Waals surface area contributed by atoms with E-state index in [1.54, 1.807) is 48.5 Å². The van der Waals surface area contributed by atoms with Gasteiger partial charge in [-0.1, -0.05) is 54.1 Å². The Labute approximate surface area is 172 Å². The fourth-order valence-electron chi connectivity index (χ4n) is 2.61. The average molecular weight is 408 g/mol. The number of hydrogen-bond donors (Lipinski definition) is 3. The summed E-state index contributed by atoms with van der Waals surface area (Å²) in [6, 6.07) is 22.1. The zero-order chi connectivity index (χ0) is 20.6. The molecule has 0 saturated carbocycles. The third-order valence-electron chi connectivity index (χ3n) is 4.05. The summed E-state index contributed by atoms with van der Waals surface area (Å²) in [5.41, 5.74) is 6.53. The molecular weight excluding hydrogens is 390 g/mol. The Morgan fingerprint density at radius 3 is 2.10 bits per heavy atom. The van der Waals surface area contributed by atoms with E-state index in [1.165, 1.54) is 0 Å². The quantitative estimate of drug-likeness (QED) is 0.565. The molecule has 3 N–H and O–H groups in total. The van der Waals surface area contributed by atoms with Gasteiger partial charge in [0.15, 0.2) is 0 Å². The van der Waals surface area contributed by atoms with Crippen LogP contribution in [0.25, 0.3) is 0 Å². The number of halogens is 1. The van der Waals surface area contributed by atoms with Crippen LogP contribution >= 0.6 is 11.6 Å². The first-order chi connectivity index (χ1) is 14.0. The fraction of sp³-hybridized carbons (Fsp3) is 0.0455. The Hall–Kier alpha value is -3.64. The molecule has 0 saturated heterocycles. The van der Waals surface area contributed by atoms with Gasteiger partial charge in [0, 0.05) is 10.6 Å². The zero-order valence-electron chi connectivity index (χ0n) is 15.3. The maximum atomic E-state index is 12.5. The topological polar surface area (TPSA) is 87.3 Å². The van der Waals surface area contributed by atoms with Crippen LogP contribution in [-0.2, 0) is 11.2 Å². The number of amides is 3. The molecule has 0 atom stereocenters. The highest BCUT2D eigenvalue weighted by Gasteiger charge is 2.15. The largest absolute Gasteiger partial charge is 0.321 e. The summed E-state index contributed by atoms with van der Waals surface area (Å²) in [5.74, 6) is -1.28. The van der Waals surface area contributed by atoms with Crippen LogP contribution in [0, 0.1) is 0 Å². The molecule has 3 rings (SSSR count). The first-order valence-electron chi connectivity index (χ1n) is 8.82. The minimum absolute atomic E-state index is 0.135. The molecule has 0 aliphatic heterocycles. The molecule has 7 heteroatoms. The summed E-state index contributed by atoms with van der Waals surface area (Å²) in [5, 5.41) is 3.22. The number of anilines is 1. The smallest absolute Gasteiger partial charge is 0.271 e. The summed E-state index contributed by atoms with van der Waals surface area (Å²) in [7, 11) is 0. The monoisotopic (exact) mass is 407 g/mol. The maximum absolute atomic E-state index is 12.5. The number of para-hydroxylation sites is 1. The first kappa shape index (κ1) is 20.1. The number of carbonyl (C=O) groups excluding carboxylic acids is 3. The molecule has 0 heterocycles. The minimum atomic E-state index is -0.543. The van der Waals surface area contributed by atoms with Gasteiger partial charge < -0.3 is 5.32 Å². The fourth-order valence-corrected chi connectivity index (χ4v) is 2.73. The SMILES string of the molecule is O=C(Cc1ccccc1)NNC(=O)c1ccccc1NC(=O)c1ccc(Cl)cc1. The van der Waals surface area contributed by atoms with Crippen LogP contribution in [0.1, 0.15) is 26.3 Å². The molecule has 0 spiro atoms. The van der Waals surface area contributed by atoms with Crippen molar-refractivity contribution in [3.05, 3.63) is 101 Å². The van der Waals surface area contributed by atoms with Crippen LogP contribution < -0.4 is 16.2 Å². The normalized spacial score (nSPS) is 10.1. The Bertz CT molecular complexity index is 1020. The van der Waals surface area contributed by atoms with E-state index in [0.29, 0.717) is 16.3 Å². The lowest BCUT2D eigenvalue weighted by molar-refractivity contribution is -0.121. The van der Waals surface area contributed by atoms with Gasteiger partial charge in [0.05, 0.1) is 17.7 Å². The van der Waals surface area contributed by atoms with Crippen LogP contribution in [0.15, 0.2) is 78.9 Å². The molecule has 146 valence electrons. The van der Waals surface area contributed by atoms with E-state index in [0.717, 1.165) is 5.56 Å². The van der Waals surface area contributed by atoms with Gasteiger partial charge in [-0.2, -0.15) is 0 Å². The molecule has 0 aliphatic carbocycles. The third kappa shape index (κ3) is 5.67. The van der Waals surface area contributed by atoms with Gasteiger partial charge in [0.2, 0.25) is 5.91 Å². The Balaban J connectivity index is 1.63. The molecule has 3 aromatic carbocycles. The summed E-state index contributed by atoms with van der Waals surface area (Å²) in [4.78, 5) is 36.9. The lowest BCUT2D eigenvalue weighted by atomic mass is 10.1. The molecule has 3 aromatic rings. The number of hydrogen-bond acceptors (Lipinski definition) is 3. The first-order valence-corrected chi connectivity index (χ1v) is 9.20. The van der Waals surface area contributed by atoms with Crippen molar-refractivity contribution in [3.8, 4) is 0 Å². The van der Waals surface area contributed by atoms with Crippen molar-refractivity contribution >= 4 is 35.0 Å². The van der Waals surface area contributed by atoms with Gasteiger partial charge in [-0.25, -0.2) is 0 Å². The van der Waals surface area contributed by atoms with Crippen molar-refractivity contribution in [2.24, 2.45) is 0 Å². The predicted molar refractivity (Wildman–Crippen MR) is 112 cm³/mol. The summed E-state index contributed by atoms with van der Waals surface area (Å²) in [6.07, 6.45) is 0.135. The molecule has 3 amide bonds. The van der Waals surface area contributed by atoms with Crippen molar-refractivity contribution in [3.63, 3.8) is 0 Å². The van der Waals surface area contributed by atoms with E-state index >= 15 is 0 Å². The van der Waals surface area contributed by atoms with Gasteiger partial charge in [-0.3, -0.25) is 25.2 Å². The molecule has 6 nitrogen and oxygen atoms in total. The Morgan fingerprint density at radius 1 is 0.724 bits per heavy atom. The summed E-state index contributed by atoms with van der Waals surface area (Å²) >= 11 is 5.84. The van der Waals surface area contributed by atoms with Gasteiger partial charge >= 0.3 is 0 Å². The summed E-state index contributed by atoms with van der Waals surface area (Å²) < 4.78 is 0. The second-order valence-corrected chi connectivity index (χ2v) is 6.61. The summed E-state index contributed by atoms with van der Waals surface area (Å²) in [6.45, 7) is 0. The predicted octanol–water partition coefficient (Wildman–Crippen LogP) is 3.60. The second kappa shape index (κ2) is 9.52. The molecular formula is C22H18ClN3O3. The molecule has 0 fully saturated rings. The molecule has 0 bridgehead atoms. The number of hydrazine groups is 1. The number of rotatable bonds is 5. The zero-order valence-corrected chi connectivity index (χ0v) is 16.1. The highest BCUT2D eigenvalue weighted by atomic mass is 35.5. The standard InChI is InChI=1S/C22H18ClN3O3/c23-17-12-10-16(11-13-17)21(28)24-19-9-5-4-8-18(19)22(29)26-25-20(27)14-15-6-2-1-3-7-15/h1-13H,14H2,(H,24,28)(H,25,27)(H,26,29). The van der Waals surface area contributed by atoms with E-state index in [1.807, 2.05) is 30.3 Å².